The molecule has 0 aliphatic rings. The maximum absolute atomic E-state index is 5.92. The Hall–Kier alpha value is -0.490. The molecular weight excluding hydrogens is 286 g/mol. The van der Waals surface area contributed by atoms with Gasteiger partial charge in [-0.3, -0.25) is 0 Å². The Kier molecular flexibility index (Phi) is 5.12. The van der Waals surface area contributed by atoms with Crippen molar-refractivity contribution in [1.29, 1.82) is 0 Å². The van der Waals surface area contributed by atoms with Crippen molar-refractivity contribution < 1.29 is 0 Å². The number of aryl methyl sites for hydroxylation is 1. The number of nitrogens with one attached hydrogen (secondary N) is 1. The predicted octanol–water partition coefficient (Wildman–Crippen LogP) is 3.85. The molecule has 0 spiro atoms. The molecule has 98 valence electrons. The maximum Gasteiger partial charge on any atom is 0.157 e. The van der Waals surface area contributed by atoms with Gasteiger partial charge < -0.3 is 5.32 Å². The minimum atomic E-state index is 0.545. The minimum absolute atomic E-state index is 0.545. The fourth-order valence-corrected chi connectivity index (χ4v) is 3.49. The first-order valence-corrected chi connectivity index (χ1v) is 7.97. The van der Waals surface area contributed by atoms with Gasteiger partial charge in [-0.2, -0.15) is 0 Å². The number of thiophene rings is 1. The van der Waals surface area contributed by atoms with Gasteiger partial charge in [-0.25, -0.2) is 0 Å². The third-order valence-corrected chi connectivity index (χ3v) is 4.75. The molecule has 0 radical (unpaired) electrons. The number of rotatable bonds is 6. The molecular formula is C12H16ClN3S2. The lowest BCUT2D eigenvalue weighted by atomic mass is 10.3. The van der Waals surface area contributed by atoms with Crippen molar-refractivity contribution in [3.63, 3.8) is 0 Å². The number of hydrogen-bond acceptors (Lipinski definition) is 5. The Bertz CT molecular complexity index is 493. The van der Waals surface area contributed by atoms with Gasteiger partial charge in [0, 0.05) is 12.5 Å². The molecule has 3 nitrogen and oxygen atoms in total. The molecule has 2 aromatic rings. The average Bonchev–Trinajstić information content (AvgIpc) is 2.93. The second-order valence-corrected chi connectivity index (χ2v) is 7.09. The zero-order chi connectivity index (χ0) is 13.0. The first-order chi connectivity index (χ1) is 8.65. The van der Waals surface area contributed by atoms with Crippen LogP contribution in [0.5, 0.6) is 0 Å². The van der Waals surface area contributed by atoms with Crippen molar-refractivity contribution in [2.24, 2.45) is 0 Å². The highest BCUT2D eigenvalue weighted by Gasteiger charge is 2.08. The summed E-state index contributed by atoms with van der Waals surface area (Å²) in [5.41, 5.74) is 0. The van der Waals surface area contributed by atoms with Crippen LogP contribution in [-0.4, -0.2) is 22.8 Å². The molecule has 2 rings (SSSR count). The van der Waals surface area contributed by atoms with Crippen LogP contribution in [0, 0.1) is 0 Å². The Morgan fingerprint density at radius 2 is 2.11 bits per heavy atom. The van der Waals surface area contributed by atoms with Crippen LogP contribution in [-0.2, 0) is 6.42 Å². The molecule has 0 aliphatic carbocycles. The number of halogens is 1. The van der Waals surface area contributed by atoms with Crippen LogP contribution in [0.2, 0.25) is 4.34 Å². The standard InChI is InChI=1S/C12H16ClN3S2/c1-8(2)14-7-3-4-11-15-16-12(18-11)9-5-6-10(13)17-9/h5-6,8,14H,3-4,7H2,1-2H3. The summed E-state index contributed by atoms with van der Waals surface area (Å²) in [6.45, 7) is 5.34. The summed E-state index contributed by atoms with van der Waals surface area (Å²) in [6.07, 6.45) is 2.08. The number of hydrogen-bond donors (Lipinski definition) is 1. The molecule has 0 saturated carbocycles. The molecule has 2 heterocycles. The summed E-state index contributed by atoms with van der Waals surface area (Å²) in [5, 5.41) is 13.9. The molecule has 0 saturated heterocycles. The third kappa shape index (κ3) is 4.02. The van der Waals surface area contributed by atoms with Crippen molar-refractivity contribution >= 4 is 34.3 Å². The summed E-state index contributed by atoms with van der Waals surface area (Å²) < 4.78 is 0.794. The summed E-state index contributed by atoms with van der Waals surface area (Å²) in [7, 11) is 0. The Morgan fingerprint density at radius 3 is 2.78 bits per heavy atom. The normalized spacial score (nSPS) is 11.3. The van der Waals surface area contributed by atoms with E-state index in [0.717, 1.165) is 38.6 Å². The van der Waals surface area contributed by atoms with Crippen LogP contribution in [0.25, 0.3) is 9.88 Å². The van der Waals surface area contributed by atoms with E-state index < -0.39 is 0 Å². The summed E-state index contributed by atoms with van der Waals surface area (Å²) >= 11 is 9.12. The summed E-state index contributed by atoms with van der Waals surface area (Å²) in [5.74, 6) is 0. The zero-order valence-corrected chi connectivity index (χ0v) is 12.8. The minimum Gasteiger partial charge on any atom is -0.315 e. The van der Waals surface area contributed by atoms with E-state index in [0.29, 0.717) is 6.04 Å². The summed E-state index contributed by atoms with van der Waals surface area (Å²) in [4.78, 5) is 1.10. The fourth-order valence-electron chi connectivity index (χ4n) is 1.51. The highest BCUT2D eigenvalue weighted by molar-refractivity contribution is 7.23. The Morgan fingerprint density at radius 1 is 1.28 bits per heavy atom. The van der Waals surface area contributed by atoms with Crippen LogP contribution in [0.3, 0.4) is 0 Å². The molecule has 6 heteroatoms. The largest absolute Gasteiger partial charge is 0.315 e. The predicted molar refractivity (Wildman–Crippen MR) is 79.7 cm³/mol. The van der Waals surface area contributed by atoms with Gasteiger partial charge in [-0.15, -0.1) is 21.5 Å². The van der Waals surface area contributed by atoms with E-state index in [-0.39, 0.29) is 0 Å². The molecule has 0 amide bonds. The van der Waals surface area contributed by atoms with Crippen LogP contribution >= 0.6 is 34.3 Å². The van der Waals surface area contributed by atoms with E-state index in [1.807, 2.05) is 12.1 Å². The molecule has 0 aromatic carbocycles. The monoisotopic (exact) mass is 301 g/mol. The molecule has 0 aliphatic heterocycles. The van der Waals surface area contributed by atoms with Crippen LogP contribution in [0.1, 0.15) is 25.3 Å². The highest BCUT2D eigenvalue weighted by atomic mass is 35.5. The van der Waals surface area contributed by atoms with E-state index >= 15 is 0 Å². The second-order valence-electron chi connectivity index (χ2n) is 4.32. The number of nitrogens with zero attached hydrogens (tertiary/aromatic N) is 2. The molecule has 1 N–H and O–H groups in total. The van der Waals surface area contributed by atoms with Gasteiger partial charge in [0.2, 0.25) is 0 Å². The number of aromatic nitrogens is 2. The van der Waals surface area contributed by atoms with Crippen LogP contribution in [0.4, 0.5) is 0 Å². The van der Waals surface area contributed by atoms with E-state index in [9.17, 15) is 0 Å². The van der Waals surface area contributed by atoms with Crippen molar-refractivity contribution in [2.45, 2.75) is 32.7 Å². The van der Waals surface area contributed by atoms with Gasteiger partial charge in [0.15, 0.2) is 5.01 Å². The quantitative estimate of drug-likeness (QED) is 0.824. The topological polar surface area (TPSA) is 37.8 Å². The molecule has 0 atom stereocenters. The first-order valence-electron chi connectivity index (χ1n) is 5.96. The molecule has 0 bridgehead atoms. The Balaban J connectivity index is 1.86. The SMILES string of the molecule is CC(C)NCCCc1nnc(-c2ccc(Cl)s2)s1. The Labute approximate surface area is 120 Å². The molecule has 0 fully saturated rings. The smallest absolute Gasteiger partial charge is 0.157 e. The van der Waals surface area contributed by atoms with Crippen molar-refractivity contribution in [3.8, 4) is 9.88 Å². The fraction of sp³-hybridized carbons (Fsp3) is 0.500. The van der Waals surface area contributed by atoms with Gasteiger partial charge in [0.25, 0.3) is 0 Å². The zero-order valence-electron chi connectivity index (χ0n) is 10.4. The van der Waals surface area contributed by atoms with Crippen molar-refractivity contribution in [2.75, 3.05) is 6.54 Å². The van der Waals surface area contributed by atoms with Gasteiger partial charge >= 0.3 is 0 Å². The van der Waals surface area contributed by atoms with Gasteiger partial charge in [0.05, 0.1) is 9.21 Å². The van der Waals surface area contributed by atoms with E-state index in [4.69, 9.17) is 11.6 Å². The molecule has 0 unspecified atom stereocenters. The van der Waals surface area contributed by atoms with Gasteiger partial charge in [-0.1, -0.05) is 36.8 Å². The van der Waals surface area contributed by atoms with E-state index in [2.05, 4.69) is 29.4 Å². The maximum atomic E-state index is 5.92. The van der Waals surface area contributed by atoms with Crippen LogP contribution < -0.4 is 5.32 Å². The van der Waals surface area contributed by atoms with Crippen molar-refractivity contribution in [1.82, 2.24) is 15.5 Å². The molecule has 2 aromatic heterocycles. The van der Waals surface area contributed by atoms with Crippen LogP contribution in [0.15, 0.2) is 12.1 Å². The molecule has 18 heavy (non-hydrogen) atoms. The van der Waals surface area contributed by atoms with E-state index in [1.54, 1.807) is 22.7 Å². The summed E-state index contributed by atoms with van der Waals surface area (Å²) in [6, 6.07) is 4.44. The van der Waals surface area contributed by atoms with Gasteiger partial charge in [-0.05, 0) is 25.1 Å². The van der Waals surface area contributed by atoms with Gasteiger partial charge in [0.1, 0.15) is 5.01 Å². The second kappa shape index (κ2) is 6.61. The third-order valence-electron chi connectivity index (χ3n) is 2.37. The first kappa shape index (κ1) is 13.9. The van der Waals surface area contributed by atoms with E-state index in [1.165, 1.54) is 0 Å². The average molecular weight is 302 g/mol. The lowest BCUT2D eigenvalue weighted by Crippen LogP contribution is -2.23. The van der Waals surface area contributed by atoms with Crippen molar-refractivity contribution in [3.05, 3.63) is 21.5 Å². The lowest BCUT2D eigenvalue weighted by Gasteiger charge is -2.05. The lowest BCUT2D eigenvalue weighted by molar-refractivity contribution is 0.569. The highest BCUT2D eigenvalue weighted by Crippen LogP contribution is 2.32.